The molecule has 1 N–H and O–H groups in total. The third kappa shape index (κ3) is 5.73. The van der Waals surface area contributed by atoms with Gasteiger partial charge in [0.15, 0.2) is 5.82 Å². The molecule has 0 unspecified atom stereocenters. The molecule has 1 saturated carbocycles. The van der Waals surface area contributed by atoms with Gasteiger partial charge < -0.3 is 24.4 Å². The second kappa shape index (κ2) is 11.4. The van der Waals surface area contributed by atoms with Crippen LogP contribution in [0, 0.1) is 0 Å². The molecular weight excluding hydrogens is 558 g/mol. The van der Waals surface area contributed by atoms with Crippen LogP contribution in [0.15, 0.2) is 59.1 Å². The topological polar surface area (TPSA) is 127 Å². The first kappa shape index (κ1) is 28.0. The maximum atomic E-state index is 12.5. The number of likely N-dealkylation sites (tertiary alicyclic amines) is 1. The Balaban J connectivity index is 1.14. The van der Waals surface area contributed by atoms with E-state index in [0.717, 1.165) is 35.4 Å². The summed E-state index contributed by atoms with van der Waals surface area (Å²) in [6.45, 7) is 7.79. The maximum absolute atomic E-state index is 12.5. The Hall–Kier alpha value is -4.80. The fourth-order valence-corrected chi connectivity index (χ4v) is 5.80. The van der Waals surface area contributed by atoms with E-state index in [4.69, 9.17) is 9.26 Å². The molecule has 226 valence electrons. The Morgan fingerprint density at radius 2 is 1.80 bits per heavy atom. The van der Waals surface area contributed by atoms with Crippen LogP contribution in [0.1, 0.15) is 69.0 Å². The van der Waals surface area contributed by atoms with Crippen LogP contribution in [0.5, 0.6) is 11.5 Å². The Bertz CT molecular complexity index is 1680. The van der Waals surface area contributed by atoms with Crippen molar-refractivity contribution in [3.63, 3.8) is 0 Å². The Labute approximate surface area is 255 Å². The molecule has 4 heterocycles. The number of hydrogen-bond donors (Lipinski definition) is 1. The van der Waals surface area contributed by atoms with Gasteiger partial charge in [0.25, 0.3) is 5.89 Å². The third-order valence-corrected chi connectivity index (χ3v) is 8.43. The van der Waals surface area contributed by atoms with Gasteiger partial charge in [-0.1, -0.05) is 25.1 Å². The molecule has 4 aromatic rings. The molecule has 2 aromatic carbocycles. The summed E-state index contributed by atoms with van der Waals surface area (Å²) in [5.41, 5.74) is 4.21. The minimum atomic E-state index is -0.102. The second-order valence-electron chi connectivity index (χ2n) is 12.3. The van der Waals surface area contributed by atoms with Crippen molar-refractivity contribution < 1.29 is 18.8 Å². The summed E-state index contributed by atoms with van der Waals surface area (Å²) in [6.07, 6.45) is 2.55. The van der Waals surface area contributed by atoms with E-state index in [1.54, 1.807) is 4.90 Å². The van der Waals surface area contributed by atoms with Crippen LogP contribution in [-0.4, -0.2) is 67.2 Å². The monoisotopic (exact) mass is 593 g/mol. The first-order valence-electron chi connectivity index (χ1n) is 15.2. The van der Waals surface area contributed by atoms with Crippen LogP contribution < -0.4 is 10.1 Å². The third-order valence-electron chi connectivity index (χ3n) is 8.43. The number of aromatic nitrogens is 4. The smallest absolute Gasteiger partial charge is 0.318 e. The number of nitrogens with one attached hydrogen (secondary N) is 1. The lowest BCUT2D eigenvalue weighted by Gasteiger charge is -2.18. The second-order valence-corrected chi connectivity index (χ2v) is 12.3. The van der Waals surface area contributed by atoms with Gasteiger partial charge in [-0.15, -0.1) is 0 Å². The Kier molecular flexibility index (Phi) is 7.23. The van der Waals surface area contributed by atoms with E-state index in [-0.39, 0.29) is 23.9 Å². The summed E-state index contributed by atoms with van der Waals surface area (Å²) in [5, 5.41) is 15.9. The van der Waals surface area contributed by atoms with Gasteiger partial charge in [0.2, 0.25) is 5.91 Å². The minimum Gasteiger partial charge on any atom is -0.457 e. The van der Waals surface area contributed by atoms with Crippen molar-refractivity contribution in [3.05, 3.63) is 71.7 Å². The highest BCUT2D eigenvalue weighted by Gasteiger charge is 2.41. The van der Waals surface area contributed by atoms with E-state index in [9.17, 15) is 9.59 Å². The molecule has 1 aliphatic carbocycles. The van der Waals surface area contributed by atoms with E-state index >= 15 is 0 Å². The molecular formula is C33H35N7O4. The molecule has 3 aliphatic rings. The number of carbonyl (C=O) groups is 2. The average molecular weight is 594 g/mol. The number of carbonyl (C=O) groups excluding carboxylic acids is 2. The molecule has 2 aliphatic heterocycles. The van der Waals surface area contributed by atoms with Crippen LogP contribution in [0.2, 0.25) is 0 Å². The van der Waals surface area contributed by atoms with Gasteiger partial charge in [-0.3, -0.25) is 4.79 Å². The largest absolute Gasteiger partial charge is 0.457 e. The molecule has 11 heteroatoms. The number of nitrogens with zero attached hydrogens (tertiary/aromatic N) is 6. The highest BCUT2D eigenvalue weighted by molar-refractivity contribution is 5.80. The van der Waals surface area contributed by atoms with Gasteiger partial charge in [0, 0.05) is 54.2 Å². The van der Waals surface area contributed by atoms with E-state index in [0.29, 0.717) is 66.8 Å². The average Bonchev–Trinajstić information content (AvgIpc) is 3.45. The summed E-state index contributed by atoms with van der Waals surface area (Å²) in [7, 11) is 0. The maximum Gasteiger partial charge on any atom is 0.318 e. The van der Waals surface area contributed by atoms with Crippen molar-refractivity contribution in [3.8, 4) is 34.2 Å². The quantitative estimate of drug-likeness (QED) is 0.270. The predicted octanol–water partition coefficient (Wildman–Crippen LogP) is 5.50. The van der Waals surface area contributed by atoms with Gasteiger partial charge in [-0.05, 0) is 74.2 Å². The number of ether oxygens (including phenoxy) is 1. The number of rotatable bonds is 9. The molecule has 44 heavy (non-hydrogen) atoms. The van der Waals surface area contributed by atoms with Crippen molar-refractivity contribution in [1.82, 2.24) is 35.5 Å². The van der Waals surface area contributed by atoms with Crippen LogP contribution in [0.3, 0.4) is 0 Å². The zero-order chi connectivity index (χ0) is 30.4. The Morgan fingerprint density at radius 3 is 2.48 bits per heavy atom. The van der Waals surface area contributed by atoms with Crippen molar-refractivity contribution >= 4 is 11.9 Å². The van der Waals surface area contributed by atoms with Gasteiger partial charge >= 0.3 is 6.03 Å². The van der Waals surface area contributed by atoms with Crippen molar-refractivity contribution in [2.24, 2.45) is 0 Å². The standard InChI is InChI=1S/C33H35N7O4/c1-19(2)27-12-13-28(37-36-27)21-6-10-26(11-7-21)43-29-14-22(4-5-23(29)17-39-16-20(3)34-33(39)42)32-35-31(38-44-32)24-15-30(41)40(18-24)25-8-9-25/h4-7,10-14,19-20,24-25H,8-9,15-18H2,1-3H3,(H,34,42)/t20-,24-/m0/s1. The van der Waals surface area contributed by atoms with Crippen LogP contribution in [-0.2, 0) is 11.3 Å². The van der Waals surface area contributed by atoms with Crippen molar-refractivity contribution in [2.45, 2.75) is 70.5 Å². The highest BCUT2D eigenvalue weighted by atomic mass is 16.5. The van der Waals surface area contributed by atoms with Crippen LogP contribution >= 0.6 is 0 Å². The zero-order valence-electron chi connectivity index (χ0n) is 25.1. The first-order valence-corrected chi connectivity index (χ1v) is 15.2. The number of benzene rings is 2. The number of urea groups is 1. The van der Waals surface area contributed by atoms with Gasteiger partial charge in [0.05, 0.1) is 17.9 Å². The van der Waals surface area contributed by atoms with E-state index < -0.39 is 0 Å². The molecule has 2 aromatic heterocycles. The molecule has 2 saturated heterocycles. The normalized spacial score (nSPS) is 20.1. The predicted molar refractivity (Wildman–Crippen MR) is 162 cm³/mol. The number of hydrogen-bond acceptors (Lipinski definition) is 8. The zero-order valence-corrected chi connectivity index (χ0v) is 25.1. The summed E-state index contributed by atoms with van der Waals surface area (Å²) in [6, 6.07) is 17.7. The van der Waals surface area contributed by atoms with Gasteiger partial charge in [0.1, 0.15) is 11.5 Å². The van der Waals surface area contributed by atoms with E-state index in [2.05, 4.69) is 39.5 Å². The molecule has 0 spiro atoms. The molecule has 3 fully saturated rings. The fraction of sp³-hybridized carbons (Fsp3) is 0.394. The lowest BCUT2D eigenvalue weighted by Crippen LogP contribution is -2.28. The molecule has 0 bridgehead atoms. The molecule has 11 nitrogen and oxygen atoms in total. The lowest BCUT2D eigenvalue weighted by molar-refractivity contribution is -0.128. The van der Waals surface area contributed by atoms with Gasteiger partial charge in [-0.2, -0.15) is 15.2 Å². The fourth-order valence-electron chi connectivity index (χ4n) is 5.80. The Morgan fingerprint density at radius 1 is 1.00 bits per heavy atom. The summed E-state index contributed by atoms with van der Waals surface area (Å²) >= 11 is 0. The minimum absolute atomic E-state index is 0.0731. The molecule has 3 amide bonds. The summed E-state index contributed by atoms with van der Waals surface area (Å²) in [5.74, 6) is 2.53. The first-order chi connectivity index (χ1) is 21.3. The van der Waals surface area contributed by atoms with Crippen LogP contribution in [0.25, 0.3) is 22.7 Å². The van der Waals surface area contributed by atoms with E-state index in [1.807, 2.05) is 66.4 Å². The molecule has 2 atom stereocenters. The van der Waals surface area contributed by atoms with Crippen LogP contribution in [0.4, 0.5) is 4.79 Å². The SMILES string of the molecule is CC(C)c1ccc(-c2ccc(Oc3cc(-c4nc([C@H]5CC(=O)N(C6CC6)C5)no4)ccc3CN3C[C@H](C)NC3=O)cc2)nn1. The highest BCUT2D eigenvalue weighted by Crippen LogP contribution is 2.37. The number of amides is 3. The van der Waals surface area contributed by atoms with E-state index in [1.165, 1.54) is 0 Å². The molecule has 7 rings (SSSR count). The van der Waals surface area contributed by atoms with Crippen molar-refractivity contribution in [1.29, 1.82) is 0 Å². The summed E-state index contributed by atoms with van der Waals surface area (Å²) in [4.78, 5) is 33.4. The molecule has 0 radical (unpaired) electrons. The van der Waals surface area contributed by atoms with Crippen molar-refractivity contribution in [2.75, 3.05) is 13.1 Å². The lowest BCUT2D eigenvalue weighted by atomic mass is 10.1. The van der Waals surface area contributed by atoms with Gasteiger partial charge in [-0.25, -0.2) is 4.79 Å². The summed E-state index contributed by atoms with van der Waals surface area (Å²) < 4.78 is 12.1.